The molecule has 0 amide bonds. The summed E-state index contributed by atoms with van der Waals surface area (Å²) in [6, 6.07) is 18.1. The Balaban J connectivity index is 1.67. The smallest absolute Gasteiger partial charge is 0.191 e. The molecule has 6 heteroatoms. The van der Waals surface area contributed by atoms with E-state index in [2.05, 4.69) is 33.8 Å². The highest BCUT2D eigenvalue weighted by molar-refractivity contribution is 5.79. The van der Waals surface area contributed by atoms with Crippen molar-refractivity contribution < 1.29 is 14.2 Å². The lowest BCUT2D eigenvalue weighted by molar-refractivity contribution is 0.0453. The van der Waals surface area contributed by atoms with Crippen molar-refractivity contribution in [3.63, 3.8) is 0 Å². The van der Waals surface area contributed by atoms with Crippen LogP contribution in [-0.2, 0) is 22.6 Å². The van der Waals surface area contributed by atoms with Gasteiger partial charge >= 0.3 is 0 Å². The fraction of sp³-hybridized carbons (Fsp3) is 0.409. The van der Waals surface area contributed by atoms with Crippen molar-refractivity contribution in [2.75, 3.05) is 40.0 Å². The van der Waals surface area contributed by atoms with Gasteiger partial charge in [0.25, 0.3) is 0 Å². The molecule has 0 aliphatic carbocycles. The average molecular weight is 386 g/mol. The van der Waals surface area contributed by atoms with Gasteiger partial charge in [0.1, 0.15) is 12.4 Å². The highest BCUT2D eigenvalue weighted by Gasteiger charge is 2.01. The van der Waals surface area contributed by atoms with Crippen LogP contribution >= 0.6 is 0 Å². The van der Waals surface area contributed by atoms with E-state index in [1.165, 1.54) is 5.56 Å². The molecular formula is C22H31N3O3. The largest absolute Gasteiger partial charge is 0.492 e. The van der Waals surface area contributed by atoms with E-state index in [0.29, 0.717) is 39.5 Å². The normalized spacial score (nSPS) is 11.3. The molecule has 0 aliphatic heterocycles. The summed E-state index contributed by atoms with van der Waals surface area (Å²) < 4.78 is 16.6. The number of hydrogen-bond donors (Lipinski definition) is 2. The summed E-state index contributed by atoms with van der Waals surface area (Å²) in [5, 5.41) is 6.57. The lowest BCUT2D eigenvalue weighted by atomic mass is 10.1. The van der Waals surface area contributed by atoms with Crippen LogP contribution in [0.4, 0.5) is 0 Å². The SMILES string of the molecule is CCOCCOCc1cccc(CNC(=NC)NCCOc2ccccc2)c1. The number of nitrogens with zero attached hydrogens (tertiary/aromatic N) is 1. The van der Waals surface area contributed by atoms with Gasteiger partial charge in [-0.25, -0.2) is 0 Å². The second-order valence-corrected chi connectivity index (χ2v) is 6.08. The Morgan fingerprint density at radius 3 is 2.46 bits per heavy atom. The molecule has 0 saturated heterocycles. The third-order valence-corrected chi connectivity index (χ3v) is 3.93. The minimum atomic E-state index is 0.569. The van der Waals surface area contributed by atoms with Crippen LogP contribution in [0.25, 0.3) is 0 Å². The minimum absolute atomic E-state index is 0.569. The fourth-order valence-corrected chi connectivity index (χ4v) is 2.54. The van der Waals surface area contributed by atoms with Crippen LogP contribution in [0.15, 0.2) is 59.6 Å². The first-order valence-electron chi connectivity index (χ1n) is 9.67. The molecule has 0 aliphatic rings. The van der Waals surface area contributed by atoms with Crippen LogP contribution < -0.4 is 15.4 Å². The molecular weight excluding hydrogens is 354 g/mol. The predicted octanol–water partition coefficient (Wildman–Crippen LogP) is 2.98. The molecule has 0 spiro atoms. The van der Waals surface area contributed by atoms with Crippen molar-refractivity contribution >= 4 is 5.96 Å². The van der Waals surface area contributed by atoms with Crippen LogP contribution in [0, 0.1) is 0 Å². The van der Waals surface area contributed by atoms with Crippen molar-refractivity contribution in [3.05, 3.63) is 65.7 Å². The Kier molecular flexibility index (Phi) is 10.5. The van der Waals surface area contributed by atoms with Crippen LogP contribution in [0.3, 0.4) is 0 Å². The second-order valence-electron chi connectivity index (χ2n) is 6.08. The Hall–Kier alpha value is -2.57. The van der Waals surface area contributed by atoms with E-state index in [9.17, 15) is 0 Å². The quantitative estimate of drug-likeness (QED) is 0.334. The summed E-state index contributed by atoms with van der Waals surface area (Å²) in [6.45, 7) is 6.46. The van der Waals surface area contributed by atoms with Gasteiger partial charge in [-0.3, -0.25) is 4.99 Å². The number of aliphatic imine (C=N–C) groups is 1. The standard InChI is InChI=1S/C22H31N3O3/c1-3-26-14-15-27-18-20-9-7-8-19(16-20)17-25-22(23-2)24-12-13-28-21-10-5-4-6-11-21/h4-11,16H,3,12-15,17-18H2,1-2H3,(H2,23,24,25). The molecule has 0 atom stereocenters. The zero-order valence-electron chi connectivity index (χ0n) is 16.8. The third kappa shape index (κ3) is 8.88. The third-order valence-electron chi connectivity index (χ3n) is 3.93. The number of para-hydroxylation sites is 1. The Morgan fingerprint density at radius 1 is 0.893 bits per heavy atom. The van der Waals surface area contributed by atoms with Gasteiger partial charge < -0.3 is 24.8 Å². The number of ether oxygens (including phenoxy) is 3. The molecule has 28 heavy (non-hydrogen) atoms. The predicted molar refractivity (Wildman–Crippen MR) is 113 cm³/mol. The summed E-state index contributed by atoms with van der Waals surface area (Å²) >= 11 is 0. The van der Waals surface area contributed by atoms with Gasteiger partial charge in [0.15, 0.2) is 5.96 Å². The van der Waals surface area contributed by atoms with E-state index in [4.69, 9.17) is 14.2 Å². The van der Waals surface area contributed by atoms with E-state index < -0.39 is 0 Å². The maximum atomic E-state index is 5.67. The second kappa shape index (κ2) is 13.6. The first-order chi connectivity index (χ1) is 13.8. The molecule has 2 aromatic rings. The number of hydrogen-bond acceptors (Lipinski definition) is 4. The molecule has 0 unspecified atom stereocenters. The minimum Gasteiger partial charge on any atom is -0.492 e. The Labute approximate surface area is 167 Å². The zero-order valence-corrected chi connectivity index (χ0v) is 16.8. The number of guanidine groups is 1. The molecule has 0 bridgehead atoms. The van der Waals surface area contributed by atoms with Crippen LogP contribution in [0.5, 0.6) is 5.75 Å². The summed E-state index contributed by atoms with van der Waals surface area (Å²) in [6.07, 6.45) is 0. The highest BCUT2D eigenvalue weighted by Crippen LogP contribution is 2.08. The van der Waals surface area contributed by atoms with E-state index >= 15 is 0 Å². The molecule has 0 fully saturated rings. The van der Waals surface area contributed by atoms with Crippen molar-refractivity contribution in [1.29, 1.82) is 0 Å². The lowest BCUT2D eigenvalue weighted by Gasteiger charge is -2.13. The Morgan fingerprint density at radius 2 is 1.68 bits per heavy atom. The first-order valence-corrected chi connectivity index (χ1v) is 9.67. The number of nitrogens with one attached hydrogen (secondary N) is 2. The summed E-state index contributed by atoms with van der Waals surface area (Å²) in [7, 11) is 1.76. The van der Waals surface area contributed by atoms with Gasteiger partial charge in [0.2, 0.25) is 0 Å². The molecule has 0 radical (unpaired) electrons. The molecule has 2 N–H and O–H groups in total. The molecule has 0 saturated carbocycles. The molecule has 6 nitrogen and oxygen atoms in total. The summed E-state index contributed by atoms with van der Waals surface area (Å²) in [4.78, 5) is 4.25. The highest BCUT2D eigenvalue weighted by atomic mass is 16.5. The van der Waals surface area contributed by atoms with Gasteiger partial charge in [-0.15, -0.1) is 0 Å². The van der Waals surface area contributed by atoms with E-state index in [0.717, 1.165) is 23.9 Å². The molecule has 0 aromatic heterocycles. The van der Waals surface area contributed by atoms with Gasteiger partial charge in [-0.05, 0) is 30.2 Å². The molecule has 2 rings (SSSR count). The molecule has 2 aromatic carbocycles. The maximum absolute atomic E-state index is 5.67. The first kappa shape index (κ1) is 21.7. The average Bonchev–Trinajstić information content (AvgIpc) is 2.74. The van der Waals surface area contributed by atoms with Gasteiger partial charge in [0, 0.05) is 20.2 Å². The van der Waals surface area contributed by atoms with Crippen molar-refractivity contribution in [2.24, 2.45) is 4.99 Å². The number of rotatable bonds is 12. The van der Waals surface area contributed by atoms with E-state index in [-0.39, 0.29) is 0 Å². The van der Waals surface area contributed by atoms with E-state index in [1.807, 2.05) is 43.3 Å². The summed E-state index contributed by atoms with van der Waals surface area (Å²) in [5.74, 6) is 1.61. The Bertz CT molecular complexity index is 692. The van der Waals surface area contributed by atoms with Crippen molar-refractivity contribution in [3.8, 4) is 5.75 Å². The van der Waals surface area contributed by atoms with Gasteiger partial charge in [-0.2, -0.15) is 0 Å². The fourth-order valence-electron chi connectivity index (χ4n) is 2.54. The van der Waals surface area contributed by atoms with Gasteiger partial charge in [0.05, 0.1) is 26.4 Å². The van der Waals surface area contributed by atoms with Gasteiger partial charge in [-0.1, -0.05) is 42.5 Å². The van der Waals surface area contributed by atoms with Crippen molar-refractivity contribution in [1.82, 2.24) is 10.6 Å². The topological polar surface area (TPSA) is 64.1 Å². The number of benzene rings is 2. The van der Waals surface area contributed by atoms with Crippen LogP contribution in [-0.4, -0.2) is 46.0 Å². The van der Waals surface area contributed by atoms with Crippen LogP contribution in [0.2, 0.25) is 0 Å². The monoisotopic (exact) mass is 385 g/mol. The summed E-state index contributed by atoms with van der Waals surface area (Å²) in [5.41, 5.74) is 2.32. The van der Waals surface area contributed by atoms with E-state index in [1.54, 1.807) is 7.05 Å². The molecule has 152 valence electrons. The molecule has 0 heterocycles. The lowest BCUT2D eigenvalue weighted by Crippen LogP contribution is -2.38. The van der Waals surface area contributed by atoms with Crippen LogP contribution in [0.1, 0.15) is 18.1 Å². The maximum Gasteiger partial charge on any atom is 0.191 e. The van der Waals surface area contributed by atoms with Crippen molar-refractivity contribution in [2.45, 2.75) is 20.1 Å². The zero-order chi connectivity index (χ0) is 19.9.